The molecular weight excluding hydrogens is 220 g/mol. The fourth-order valence-electron chi connectivity index (χ4n) is 4.58. The Balaban J connectivity index is 1.79. The van der Waals surface area contributed by atoms with Crippen molar-refractivity contribution < 1.29 is 4.79 Å². The summed E-state index contributed by atoms with van der Waals surface area (Å²) in [6.45, 7) is 9.34. The SMILES string of the molecule is CC1CC(C)C(CC(=O)CC2CC(C)CC2C)C1. The summed E-state index contributed by atoms with van der Waals surface area (Å²) < 4.78 is 0. The summed E-state index contributed by atoms with van der Waals surface area (Å²) in [5, 5.41) is 0. The van der Waals surface area contributed by atoms with Gasteiger partial charge < -0.3 is 0 Å². The van der Waals surface area contributed by atoms with Crippen LogP contribution in [0.2, 0.25) is 0 Å². The molecule has 6 atom stereocenters. The monoisotopic (exact) mass is 250 g/mol. The molecule has 2 saturated carbocycles. The first-order chi connectivity index (χ1) is 8.45. The maximum absolute atomic E-state index is 12.3. The van der Waals surface area contributed by atoms with E-state index in [0.29, 0.717) is 17.6 Å². The molecule has 1 nitrogen and oxygen atoms in total. The van der Waals surface area contributed by atoms with E-state index in [4.69, 9.17) is 0 Å². The second-order valence-electron chi connectivity index (χ2n) is 7.57. The Labute approximate surface area is 113 Å². The minimum Gasteiger partial charge on any atom is -0.300 e. The van der Waals surface area contributed by atoms with E-state index < -0.39 is 0 Å². The summed E-state index contributed by atoms with van der Waals surface area (Å²) in [6, 6.07) is 0. The Bertz CT molecular complexity index is 268. The number of Topliss-reactive ketones (excluding diaryl/α,β-unsaturated/α-hetero) is 1. The minimum atomic E-state index is 0.548. The third kappa shape index (κ3) is 3.36. The summed E-state index contributed by atoms with van der Waals surface area (Å²) in [6.07, 6.45) is 6.95. The van der Waals surface area contributed by atoms with E-state index in [1.54, 1.807) is 0 Å². The normalized spacial score (nSPS) is 44.4. The van der Waals surface area contributed by atoms with Crippen LogP contribution in [0.3, 0.4) is 0 Å². The first-order valence-corrected chi connectivity index (χ1v) is 7.97. The van der Waals surface area contributed by atoms with Gasteiger partial charge in [0.15, 0.2) is 0 Å². The van der Waals surface area contributed by atoms with Gasteiger partial charge in [0.25, 0.3) is 0 Å². The Morgan fingerprint density at radius 1 is 0.778 bits per heavy atom. The Morgan fingerprint density at radius 2 is 1.17 bits per heavy atom. The average Bonchev–Trinajstić information content (AvgIpc) is 2.71. The molecule has 18 heavy (non-hydrogen) atoms. The highest BCUT2D eigenvalue weighted by atomic mass is 16.1. The number of hydrogen-bond acceptors (Lipinski definition) is 1. The maximum Gasteiger partial charge on any atom is 0.133 e. The highest BCUT2D eigenvalue weighted by Crippen LogP contribution is 2.41. The lowest BCUT2D eigenvalue weighted by Crippen LogP contribution is -2.16. The van der Waals surface area contributed by atoms with Gasteiger partial charge in [0.2, 0.25) is 0 Å². The van der Waals surface area contributed by atoms with Crippen LogP contribution in [0.5, 0.6) is 0 Å². The lowest BCUT2D eigenvalue weighted by molar-refractivity contribution is -0.121. The predicted molar refractivity (Wildman–Crippen MR) is 76.3 cm³/mol. The lowest BCUT2D eigenvalue weighted by atomic mass is 9.86. The van der Waals surface area contributed by atoms with Crippen LogP contribution in [0.1, 0.15) is 66.2 Å². The Morgan fingerprint density at radius 3 is 1.44 bits per heavy atom. The van der Waals surface area contributed by atoms with E-state index in [-0.39, 0.29) is 0 Å². The number of carbonyl (C=O) groups excluding carboxylic acids is 1. The number of ketones is 1. The molecule has 2 rings (SSSR count). The molecule has 0 aliphatic heterocycles. The van der Waals surface area contributed by atoms with Crippen molar-refractivity contribution in [2.45, 2.75) is 66.2 Å². The van der Waals surface area contributed by atoms with Crippen LogP contribution in [0, 0.1) is 35.5 Å². The fraction of sp³-hybridized carbons (Fsp3) is 0.941. The Hall–Kier alpha value is -0.330. The van der Waals surface area contributed by atoms with Crippen molar-refractivity contribution in [3.63, 3.8) is 0 Å². The van der Waals surface area contributed by atoms with E-state index in [1.807, 2.05) is 0 Å². The summed E-state index contributed by atoms with van der Waals surface area (Å²) in [4.78, 5) is 12.3. The predicted octanol–water partition coefficient (Wildman–Crippen LogP) is 4.70. The number of carbonyl (C=O) groups is 1. The van der Waals surface area contributed by atoms with E-state index >= 15 is 0 Å². The zero-order valence-electron chi connectivity index (χ0n) is 12.6. The molecule has 0 aromatic rings. The van der Waals surface area contributed by atoms with Crippen molar-refractivity contribution in [3.8, 4) is 0 Å². The van der Waals surface area contributed by atoms with Crippen LogP contribution < -0.4 is 0 Å². The first kappa shape index (κ1) is 14.1. The van der Waals surface area contributed by atoms with Crippen LogP contribution in [0.25, 0.3) is 0 Å². The molecule has 0 aromatic carbocycles. The molecule has 1 heteroatoms. The van der Waals surface area contributed by atoms with Crippen LogP contribution in [0.4, 0.5) is 0 Å². The summed E-state index contributed by atoms with van der Waals surface area (Å²) >= 11 is 0. The number of rotatable bonds is 4. The van der Waals surface area contributed by atoms with Gasteiger partial charge in [-0.25, -0.2) is 0 Å². The molecule has 0 spiro atoms. The van der Waals surface area contributed by atoms with Crippen LogP contribution in [-0.2, 0) is 4.79 Å². The summed E-state index contributed by atoms with van der Waals surface area (Å²) in [7, 11) is 0. The van der Waals surface area contributed by atoms with Crippen LogP contribution in [-0.4, -0.2) is 5.78 Å². The van der Waals surface area contributed by atoms with Gasteiger partial charge in [0, 0.05) is 12.8 Å². The quantitative estimate of drug-likeness (QED) is 0.707. The van der Waals surface area contributed by atoms with Crippen LogP contribution >= 0.6 is 0 Å². The summed E-state index contributed by atoms with van der Waals surface area (Å²) in [5.41, 5.74) is 0. The van der Waals surface area contributed by atoms with E-state index in [1.165, 1.54) is 25.7 Å². The van der Waals surface area contributed by atoms with Gasteiger partial charge >= 0.3 is 0 Å². The molecule has 2 aliphatic rings. The molecule has 0 N–H and O–H groups in total. The van der Waals surface area contributed by atoms with Crippen LogP contribution in [0.15, 0.2) is 0 Å². The molecule has 6 unspecified atom stereocenters. The molecule has 0 bridgehead atoms. The van der Waals surface area contributed by atoms with Gasteiger partial charge in [0.1, 0.15) is 5.78 Å². The molecule has 0 heterocycles. The second-order valence-corrected chi connectivity index (χ2v) is 7.57. The number of hydrogen-bond donors (Lipinski definition) is 0. The molecule has 0 amide bonds. The Kier molecular flexibility index (Phi) is 4.50. The van der Waals surface area contributed by atoms with Gasteiger partial charge in [-0.15, -0.1) is 0 Å². The van der Waals surface area contributed by atoms with E-state index in [2.05, 4.69) is 27.7 Å². The van der Waals surface area contributed by atoms with Crippen molar-refractivity contribution in [2.24, 2.45) is 35.5 Å². The zero-order chi connectivity index (χ0) is 13.3. The molecular formula is C17H30O. The standard InChI is InChI=1S/C17H30O/c1-11-5-13(3)15(7-11)9-17(18)10-16-8-12(2)6-14(16)4/h11-16H,5-10H2,1-4H3. The molecule has 0 aromatic heterocycles. The van der Waals surface area contributed by atoms with Crippen molar-refractivity contribution >= 4 is 5.78 Å². The first-order valence-electron chi connectivity index (χ1n) is 7.97. The fourth-order valence-corrected chi connectivity index (χ4v) is 4.58. The highest BCUT2D eigenvalue weighted by Gasteiger charge is 2.33. The third-order valence-corrected chi connectivity index (χ3v) is 5.55. The highest BCUT2D eigenvalue weighted by molar-refractivity contribution is 5.79. The smallest absolute Gasteiger partial charge is 0.133 e. The maximum atomic E-state index is 12.3. The average molecular weight is 250 g/mol. The van der Waals surface area contributed by atoms with E-state index in [0.717, 1.165) is 36.5 Å². The molecule has 0 radical (unpaired) electrons. The van der Waals surface area contributed by atoms with Gasteiger partial charge in [-0.1, -0.05) is 27.7 Å². The lowest BCUT2D eigenvalue weighted by Gasteiger charge is -2.18. The van der Waals surface area contributed by atoms with Gasteiger partial charge in [0.05, 0.1) is 0 Å². The molecule has 104 valence electrons. The van der Waals surface area contributed by atoms with Crippen molar-refractivity contribution in [1.82, 2.24) is 0 Å². The molecule has 2 aliphatic carbocycles. The van der Waals surface area contributed by atoms with Gasteiger partial charge in [-0.3, -0.25) is 4.79 Å². The van der Waals surface area contributed by atoms with Gasteiger partial charge in [-0.2, -0.15) is 0 Å². The second kappa shape index (κ2) is 5.75. The third-order valence-electron chi connectivity index (χ3n) is 5.55. The van der Waals surface area contributed by atoms with Crippen molar-refractivity contribution in [1.29, 1.82) is 0 Å². The van der Waals surface area contributed by atoms with Crippen molar-refractivity contribution in [2.75, 3.05) is 0 Å². The topological polar surface area (TPSA) is 17.1 Å². The zero-order valence-corrected chi connectivity index (χ0v) is 12.6. The van der Waals surface area contributed by atoms with E-state index in [9.17, 15) is 4.79 Å². The molecule has 0 saturated heterocycles. The van der Waals surface area contributed by atoms with Crippen molar-refractivity contribution in [3.05, 3.63) is 0 Å². The largest absolute Gasteiger partial charge is 0.300 e. The summed E-state index contributed by atoms with van der Waals surface area (Å²) in [5.74, 6) is 5.12. The minimum absolute atomic E-state index is 0.548. The van der Waals surface area contributed by atoms with Gasteiger partial charge in [-0.05, 0) is 61.2 Å². The molecule has 2 fully saturated rings.